The van der Waals surface area contributed by atoms with Crippen molar-refractivity contribution in [2.75, 3.05) is 26.7 Å². The summed E-state index contributed by atoms with van der Waals surface area (Å²) in [6, 6.07) is 5.59. The molecule has 2 aromatic rings. The zero-order chi connectivity index (χ0) is 14.8. The third-order valence-electron chi connectivity index (χ3n) is 4.19. The van der Waals surface area contributed by atoms with Gasteiger partial charge in [0.05, 0.1) is 18.8 Å². The molecule has 1 aliphatic heterocycles. The summed E-state index contributed by atoms with van der Waals surface area (Å²) < 4.78 is 7.01. The Morgan fingerprint density at radius 2 is 2.10 bits per heavy atom. The van der Waals surface area contributed by atoms with Gasteiger partial charge in [0.1, 0.15) is 11.3 Å². The number of ether oxygens (including phenoxy) is 1. The summed E-state index contributed by atoms with van der Waals surface area (Å²) in [6.07, 6.45) is 4.16. The molecule has 21 heavy (non-hydrogen) atoms. The van der Waals surface area contributed by atoms with Crippen LogP contribution in [0.2, 0.25) is 0 Å². The first-order valence-electron chi connectivity index (χ1n) is 7.47. The molecule has 0 spiro atoms. The van der Waals surface area contributed by atoms with Crippen molar-refractivity contribution in [3.8, 4) is 5.75 Å². The van der Waals surface area contributed by atoms with Crippen LogP contribution in [0.1, 0.15) is 25.8 Å². The van der Waals surface area contributed by atoms with Gasteiger partial charge in [0.2, 0.25) is 0 Å². The Morgan fingerprint density at radius 3 is 2.81 bits per heavy atom. The largest absolute Gasteiger partial charge is 0.494 e. The molecule has 1 aromatic carbocycles. The number of fused-ring (bicyclic) bond motifs is 1. The van der Waals surface area contributed by atoms with Crippen molar-refractivity contribution in [1.29, 1.82) is 0 Å². The van der Waals surface area contributed by atoms with Crippen LogP contribution >= 0.6 is 0 Å². The van der Waals surface area contributed by atoms with Crippen LogP contribution in [0.4, 0.5) is 0 Å². The number of methoxy groups -OCH3 is 1. The van der Waals surface area contributed by atoms with Gasteiger partial charge in [-0.3, -0.25) is 9.36 Å². The normalized spacial score (nSPS) is 17.2. The minimum absolute atomic E-state index is 0.00518. The van der Waals surface area contributed by atoms with E-state index in [4.69, 9.17) is 4.74 Å². The molecule has 0 bridgehead atoms. The molecule has 2 heterocycles. The maximum atomic E-state index is 12.7. The Kier molecular flexibility index (Phi) is 3.92. The van der Waals surface area contributed by atoms with Crippen LogP contribution in [0.15, 0.2) is 29.3 Å². The molecule has 1 atom stereocenters. The highest BCUT2D eigenvalue weighted by Crippen LogP contribution is 2.21. The number of hydrogen-bond acceptors (Lipinski definition) is 4. The van der Waals surface area contributed by atoms with Crippen molar-refractivity contribution in [3.63, 3.8) is 0 Å². The topological polar surface area (TPSA) is 47.4 Å². The Morgan fingerprint density at radius 1 is 1.33 bits per heavy atom. The molecule has 0 aliphatic carbocycles. The molecule has 5 heteroatoms. The number of aromatic nitrogens is 2. The fraction of sp³-hybridized carbons (Fsp3) is 0.500. The van der Waals surface area contributed by atoms with Crippen molar-refractivity contribution in [1.82, 2.24) is 14.5 Å². The molecular weight excluding hydrogens is 266 g/mol. The fourth-order valence-corrected chi connectivity index (χ4v) is 3.05. The minimum Gasteiger partial charge on any atom is -0.494 e. The number of para-hydroxylation sites is 1. The molecular formula is C16H21N3O2. The van der Waals surface area contributed by atoms with Crippen LogP contribution in [0, 0.1) is 0 Å². The molecule has 0 amide bonds. The van der Waals surface area contributed by atoms with E-state index in [1.807, 2.05) is 18.2 Å². The van der Waals surface area contributed by atoms with E-state index in [1.54, 1.807) is 18.0 Å². The lowest BCUT2D eigenvalue weighted by molar-refractivity contribution is 0.284. The van der Waals surface area contributed by atoms with Crippen molar-refractivity contribution in [2.45, 2.75) is 25.8 Å². The number of nitrogens with zero attached hydrogens (tertiary/aromatic N) is 3. The summed E-state index contributed by atoms with van der Waals surface area (Å²) in [6.45, 7) is 5.24. The summed E-state index contributed by atoms with van der Waals surface area (Å²) in [5.74, 6) is 0.643. The van der Waals surface area contributed by atoms with Gasteiger partial charge in [0, 0.05) is 12.6 Å². The second-order valence-electron chi connectivity index (χ2n) is 5.67. The molecule has 0 radical (unpaired) electrons. The van der Waals surface area contributed by atoms with E-state index in [2.05, 4.69) is 16.8 Å². The van der Waals surface area contributed by atoms with E-state index in [0.717, 1.165) is 19.6 Å². The van der Waals surface area contributed by atoms with Crippen LogP contribution < -0.4 is 10.3 Å². The SMILES string of the molecule is COc1cccc2c(=O)n([C@@H](C)CN3CCCC3)cnc12. The standard InChI is InChI=1S/C16H21N3O2/c1-12(10-18-8-3-4-9-18)19-11-17-15-13(16(19)20)6-5-7-14(15)21-2/h5-7,11-12H,3-4,8-10H2,1-2H3/t12-/m0/s1. The third kappa shape index (κ3) is 2.65. The van der Waals surface area contributed by atoms with E-state index in [9.17, 15) is 4.79 Å². The molecule has 1 saturated heterocycles. The summed E-state index contributed by atoms with van der Waals surface area (Å²) in [7, 11) is 1.60. The molecule has 5 nitrogen and oxygen atoms in total. The number of likely N-dealkylation sites (tertiary alicyclic amines) is 1. The molecule has 0 saturated carbocycles. The predicted octanol–water partition coefficient (Wildman–Crippen LogP) is 2.06. The van der Waals surface area contributed by atoms with Crippen LogP contribution in [0.25, 0.3) is 10.9 Å². The van der Waals surface area contributed by atoms with Gasteiger partial charge in [-0.2, -0.15) is 0 Å². The van der Waals surface area contributed by atoms with E-state index < -0.39 is 0 Å². The fourth-order valence-electron chi connectivity index (χ4n) is 3.05. The number of hydrogen-bond donors (Lipinski definition) is 0. The highest BCUT2D eigenvalue weighted by Gasteiger charge is 2.17. The monoisotopic (exact) mass is 287 g/mol. The second kappa shape index (κ2) is 5.85. The van der Waals surface area contributed by atoms with E-state index >= 15 is 0 Å². The minimum atomic E-state index is 0.00518. The molecule has 0 N–H and O–H groups in total. The van der Waals surface area contributed by atoms with E-state index in [-0.39, 0.29) is 11.6 Å². The Balaban J connectivity index is 1.96. The van der Waals surface area contributed by atoms with Crippen molar-refractivity contribution in [2.24, 2.45) is 0 Å². The van der Waals surface area contributed by atoms with Crippen LogP contribution in [-0.4, -0.2) is 41.2 Å². The van der Waals surface area contributed by atoms with Gasteiger partial charge in [-0.15, -0.1) is 0 Å². The van der Waals surface area contributed by atoms with Crippen molar-refractivity contribution < 1.29 is 4.74 Å². The summed E-state index contributed by atoms with van der Waals surface area (Å²) >= 11 is 0. The van der Waals surface area contributed by atoms with Crippen LogP contribution in [0.3, 0.4) is 0 Å². The smallest absolute Gasteiger partial charge is 0.261 e. The molecule has 1 aliphatic rings. The first-order valence-corrected chi connectivity index (χ1v) is 7.47. The molecule has 3 rings (SSSR count). The molecule has 1 aromatic heterocycles. The lowest BCUT2D eigenvalue weighted by Gasteiger charge is -2.22. The highest BCUT2D eigenvalue weighted by molar-refractivity contribution is 5.83. The van der Waals surface area contributed by atoms with Crippen LogP contribution in [-0.2, 0) is 0 Å². The zero-order valence-corrected chi connectivity index (χ0v) is 12.6. The van der Waals surface area contributed by atoms with Gasteiger partial charge >= 0.3 is 0 Å². The molecule has 112 valence electrons. The van der Waals surface area contributed by atoms with Crippen molar-refractivity contribution in [3.05, 3.63) is 34.9 Å². The van der Waals surface area contributed by atoms with Crippen molar-refractivity contribution >= 4 is 10.9 Å². The summed E-state index contributed by atoms with van der Waals surface area (Å²) in [5.41, 5.74) is 0.639. The zero-order valence-electron chi connectivity index (χ0n) is 12.6. The lowest BCUT2D eigenvalue weighted by atomic mass is 10.2. The Bertz CT molecular complexity index is 689. The van der Waals surface area contributed by atoms with E-state index in [1.165, 1.54) is 12.8 Å². The lowest BCUT2D eigenvalue weighted by Crippen LogP contribution is -2.32. The summed E-state index contributed by atoms with van der Waals surface area (Å²) in [5, 5.41) is 0.616. The predicted molar refractivity (Wildman–Crippen MR) is 82.9 cm³/mol. The van der Waals surface area contributed by atoms with Gasteiger partial charge in [0.25, 0.3) is 5.56 Å². The van der Waals surface area contributed by atoms with Gasteiger partial charge in [-0.05, 0) is 45.0 Å². The number of benzene rings is 1. The van der Waals surface area contributed by atoms with E-state index in [0.29, 0.717) is 16.7 Å². The highest BCUT2D eigenvalue weighted by atomic mass is 16.5. The first kappa shape index (κ1) is 14.1. The van der Waals surface area contributed by atoms with Gasteiger partial charge in [-0.1, -0.05) is 6.07 Å². The van der Waals surface area contributed by atoms with Gasteiger partial charge in [0.15, 0.2) is 0 Å². The van der Waals surface area contributed by atoms with Gasteiger partial charge in [-0.25, -0.2) is 4.98 Å². The Hall–Kier alpha value is -1.88. The quantitative estimate of drug-likeness (QED) is 0.863. The third-order valence-corrected chi connectivity index (χ3v) is 4.19. The van der Waals surface area contributed by atoms with Gasteiger partial charge < -0.3 is 9.64 Å². The first-order chi connectivity index (χ1) is 10.2. The van der Waals surface area contributed by atoms with Crippen LogP contribution in [0.5, 0.6) is 5.75 Å². The number of rotatable bonds is 4. The maximum absolute atomic E-state index is 12.7. The average molecular weight is 287 g/mol. The molecule has 1 fully saturated rings. The summed E-state index contributed by atoms with van der Waals surface area (Å²) in [4.78, 5) is 19.5. The second-order valence-corrected chi connectivity index (χ2v) is 5.67. The average Bonchev–Trinajstić information content (AvgIpc) is 3.00. The molecule has 0 unspecified atom stereocenters. The maximum Gasteiger partial charge on any atom is 0.261 e. The Labute approximate surface area is 124 Å².